The molecule has 2 rings (SSSR count). The lowest BCUT2D eigenvalue weighted by molar-refractivity contribution is 0.0945. The molecule has 2 aromatic rings. The van der Waals surface area contributed by atoms with Gasteiger partial charge in [-0.2, -0.15) is 0 Å². The smallest absolute Gasteiger partial charge is 0.253 e. The summed E-state index contributed by atoms with van der Waals surface area (Å²) >= 11 is 0. The molecule has 21 heavy (non-hydrogen) atoms. The third-order valence-corrected chi connectivity index (χ3v) is 3.54. The van der Waals surface area contributed by atoms with Crippen molar-refractivity contribution in [1.29, 1.82) is 0 Å². The normalized spacial score (nSPS) is 12.2. The summed E-state index contributed by atoms with van der Waals surface area (Å²) in [6.45, 7) is 6.13. The number of carbonyl (C=O) groups excluding carboxylic acids is 1. The van der Waals surface area contributed by atoms with Crippen LogP contribution in [0, 0.1) is 13.8 Å². The average molecular weight is 286 g/mol. The molecule has 2 N–H and O–H groups in total. The zero-order valence-electron chi connectivity index (χ0n) is 12.8. The number of para-hydroxylation sites is 1. The van der Waals surface area contributed by atoms with E-state index in [0.29, 0.717) is 18.5 Å². The molecule has 1 aromatic heterocycles. The molecular formula is C17H22N2O2. The van der Waals surface area contributed by atoms with E-state index in [9.17, 15) is 9.90 Å². The number of aromatic nitrogens is 1. The van der Waals surface area contributed by atoms with Gasteiger partial charge >= 0.3 is 0 Å². The summed E-state index contributed by atoms with van der Waals surface area (Å²) in [6.07, 6.45) is 0.158. The highest BCUT2D eigenvalue weighted by Crippen LogP contribution is 2.20. The molecule has 0 aliphatic carbocycles. The average Bonchev–Trinajstić information content (AvgIpc) is 2.74. The molecule has 0 radical (unpaired) electrons. The summed E-state index contributed by atoms with van der Waals surface area (Å²) in [5.74, 6) is -0.0917. The monoisotopic (exact) mass is 286 g/mol. The molecule has 0 bridgehead atoms. The maximum Gasteiger partial charge on any atom is 0.253 e. The summed E-state index contributed by atoms with van der Waals surface area (Å²) in [5, 5.41) is 12.1. The number of rotatable bonds is 5. The highest BCUT2D eigenvalue weighted by molar-refractivity contribution is 5.95. The Morgan fingerprint density at radius 2 is 1.95 bits per heavy atom. The molecule has 4 nitrogen and oxygen atoms in total. The SMILES string of the molecule is Cc1cc(C(=O)NCCC(C)O)c(C)n1-c1ccccc1. The van der Waals surface area contributed by atoms with Crippen LogP contribution in [0.1, 0.15) is 35.1 Å². The van der Waals surface area contributed by atoms with Crippen molar-refractivity contribution in [2.45, 2.75) is 33.3 Å². The first-order valence-electron chi connectivity index (χ1n) is 7.21. The molecule has 4 heteroatoms. The Morgan fingerprint density at radius 3 is 2.57 bits per heavy atom. The van der Waals surface area contributed by atoms with E-state index in [4.69, 9.17) is 0 Å². The van der Waals surface area contributed by atoms with Crippen LogP contribution in [0.2, 0.25) is 0 Å². The molecule has 1 amide bonds. The maximum atomic E-state index is 12.2. The minimum absolute atomic E-state index is 0.0917. The van der Waals surface area contributed by atoms with Gasteiger partial charge in [0.15, 0.2) is 0 Å². The predicted octanol–water partition coefficient (Wildman–Crippen LogP) is 2.59. The van der Waals surface area contributed by atoms with E-state index < -0.39 is 6.10 Å². The number of aryl methyl sites for hydroxylation is 1. The van der Waals surface area contributed by atoms with Gasteiger partial charge in [0.05, 0.1) is 11.7 Å². The van der Waals surface area contributed by atoms with Gasteiger partial charge in [0, 0.05) is 23.6 Å². The summed E-state index contributed by atoms with van der Waals surface area (Å²) in [4.78, 5) is 12.2. The van der Waals surface area contributed by atoms with Crippen LogP contribution in [0.5, 0.6) is 0 Å². The van der Waals surface area contributed by atoms with Crippen molar-refractivity contribution in [2.75, 3.05) is 6.54 Å². The highest BCUT2D eigenvalue weighted by Gasteiger charge is 2.16. The molecule has 0 aliphatic heterocycles. The fourth-order valence-electron chi connectivity index (χ4n) is 2.46. The van der Waals surface area contributed by atoms with Gasteiger partial charge in [-0.1, -0.05) is 18.2 Å². The van der Waals surface area contributed by atoms with E-state index in [-0.39, 0.29) is 5.91 Å². The fraction of sp³-hybridized carbons (Fsp3) is 0.353. The van der Waals surface area contributed by atoms with Crippen LogP contribution in [0.4, 0.5) is 0 Å². The number of carbonyl (C=O) groups is 1. The van der Waals surface area contributed by atoms with Crippen molar-refractivity contribution in [1.82, 2.24) is 9.88 Å². The molecule has 1 atom stereocenters. The first-order chi connectivity index (χ1) is 10.0. The summed E-state index contributed by atoms with van der Waals surface area (Å²) in [5.41, 5.74) is 3.69. The highest BCUT2D eigenvalue weighted by atomic mass is 16.3. The van der Waals surface area contributed by atoms with Gasteiger partial charge in [0.1, 0.15) is 0 Å². The van der Waals surface area contributed by atoms with Crippen LogP contribution in [-0.4, -0.2) is 28.2 Å². The quantitative estimate of drug-likeness (QED) is 0.887. The summed E-state index contributed by atoms with van der Waals surface area (Å²) < 4.78 is 2.07. The maximum absolute atomic E-state index is 12.2. The lowest BCUT2D eigenvalue weighted by Crippen LogP contribution is -2.26. The zero-order valence-corrected chi connectivity index (χ0v) is 12.8. The van der Waals surface area contributed by atoms with Crippen LogP contribution in [0.25, 0.3) is 5.69 Å². The van der Waals surface area contributed by atoms with Crippen molar-refractivity contribution >= 4 is 5.91 Å². The molecule has 0 saturated heterocycles. The second-order valence-electron chi connectivity index (χ2n) is 5.35. The molecular weight excluding hydrogens is 264 g/mol. The molecule has 0 spiro atoms. The van der Waals surface area contributed by atoms with Crippen molar-refractivity contribution in [3.63, 3.8) is 0 Å². The van der Waals surface area contributed by atoms with Gasteiger partial charge < -0.3 is 15.0 Å². The third-order valence-electron chi connectivity index (χ3n) is 3.54. The van der Waals surface area contributed by atoms with Crippen LogP contribution < -0.4 is 5.32 Å². The van der Waals surface area contributed by atoms with Crippen LogP contribution >= 0.6 is 0 Å². The Balaban J connectivity index is 2.21. The van der Waals surface area contributed by atoms with Crippen molar-refractivity contribution in [2.24, 2.45) is 0 Å². The van der Waals surface area contributed by atoms with Gasteiger partial charge in [-0.25, -0.2) is 0 Å². The fourth-order valence-corrected chi connectivity index (χ4v) is 2.46. The Bertz CT molecular complexity index is 615. The van der Waals surface area contributed by atoms with Gasteiger partial charge in [0.25, 0.3) is 5.91 Å². The molecule has 0 fully saturated rings. The number of aliphatic hydroxyl groups excluding tert-OH is 1. The van der Waals surface area contributed by atoms with Crippen molar-refractivity contribution in [3.05, 3.63) is 53.3 Å². The van der Waals surface area contributed by atoms with Gasteiger partial charge in [-0.15, -0.1) is 0 Å². The molecule has 1 unspecified atom stereocenters. The van der Waals surface area contributed by atoms with Crippen LogP contribution in [0.15, 0.2) is 36.4 Å². The van der Waals surface area contributed by atoms with Gasteiger partial charge in [-0.05, 0) is 45.4 Å². The molecule has 0 aliphatic rings. The second kappa shape index (κ2) is 6.59. The number of benzene rings is 1. The first-order valence-corrected chi connectivity index (χ1v) is 7.21. The van der Waals surface area contributed by atoms with Crippen molar-refractivity contribution < 1.29 is 9.90 Å². The Morgan fingerprint density at radius 1 is 1.29 bits per heavy atom. The Kier molecular flexibility index (Phi) is 4.81. The number of hydrogen-bond acceptors (Lipinski definition) is 2. The number of hydrogen-bond donors (Lipinski definition) is 2. The third kappa shape index (κ3) is 3.52. The standard InChI is InChI=1S/C17H22N2O2/c1-12-11-16(17(21)18-10-9-13(2)20)14(3)19(12)15-7-5-4-6-8-15/h4-8,11,13,20H,9-10H2,1-3H3,(H,18,21). The van der Waals surface area contributed by atoms with E-state index in [1.54, 1.807) is 6.92 Å². The number of aliphatic hydroxyl groups is 1. The van der Waals surface area contributed by atoms with E-state index in [0.717, 1.165) is 17.1 Å². The lowest BCUT2D eigenvalue weighted by Gasteiger charge is -2.10. The Labute approximate surface area is 125 Å². The number of amides is 1. The summed E-state index contributed by atoms with van der Waals surface area (Å²) in [6, 6.07) is 11.9. The number of nitrogens with zero attached hydrogens (tertiary/aromatic N) is 1. The molecule has 1 aromatic carbocycles. The van der Waals surface area contributed by atoms with E-state index in [1.807, 2.05) is 50.2 Å². The van der Waals surface area contributed by atoms with Crippen molar-refractivity contribution in [3.8, 4) is 5.69 Å². The van der Waals surface area contributed by atoms with E-state index in [1.165, 1.54) is 0 Å². The van der Waals surface area contributed by atoms with E-state index >= 15 is 0 Å². The predicted molar refractivity (Wildman–Crippen MR) is 83.9 cm³/mol. The molecule has 0 saturated carbocycles. The second-order valence-corrected chi connectivity index (χ2v) is 5.35. The number of nitrogens with one attached hydrogen (secondary N) is 1. The summed E-state index contributed by atoms with van der Waals surface area (Å²) in [7, 11) is 0. The topological polar surface area (TPSA) is 54.3 Å². The lowest BCUT2D eigenvalue weighted by atomic mass is 10.2. The van der Waals surface area contributed by atoms with E-state index in [2.05, 4.69) is 9.88 Å². The van der Waals surface area contributed by atoms with Crippen LogP contribution in [0.3, 0.4) is 0 Å². The van der Waals surface area contributed by atoms with Gasteiger partial charge in [-0.3, -0.25) is 4.79 Å². The van der Waals surface area contributed by atoms with Crippen LogP contribution in [-0.2, 0) is 0 Å². The van der Waals surface area contributed by atoms with Gasteiger partial charge in [0.2, 0.25) is 0 Å². The largest absolute Gasteiger partial charge is 0.393 e. The molecule has 1 heterocycles. The molecule has 112 valence electrons. The Hall–Kier alpha value is -2.07. The minimum Gasteiger partial charge on any atom is -0.393 e. The zero-order chi connectivity index (χ0) is 15.4. The first kappa shape index (κ1) is 15.3. The minimum atomic E-state index is -0.401.